The molecule has 12 heavy (non-hydrogen) atoms. The maximum Gasteiger partial charge on any atom is 0.0469 e. The van der Waals surface area contributed by atoms with Crippen molar-refractivity contribution < 1.29 is 4.74 Å². The summed E-state index contributed by atoms with van der Waals surface area (Å²) in [4.78, 5) is 0. The fourth-order valence-corrected chi connectivity index (χ4v) is 1.05. The molecule has 0 heterocycles. The highest BCUT2D eigenvalue weighted by atomic mass is 16.5. The van der Waals surface area contributed by atoms with Gasteiger partial charge in [0.05, 0.1) is 0 Å². The second-order valence-corrected chi connectivity index (χ2v) is 3.46. The van der Waals surface area contributed by atoms with E-state index in [0.29, 0.717) is 12.0 Å². The zero-order valence-corrected chi connectivity index (χ0v) is 8.89. The van der Waals surface area contributed by atoms with Gasteiger partial charge in [0.25, 0.3) is 0 Å². The molecule has 2 nitrogen and oxygen atoms in total. The lowest BCUT2D eigenvalue weighted by atomic mass is 10.0. The Balaban J connectivity index is 3.24. The molecule has 0 fully saturated rings. The largest absolute Gasteiger partial charge is 0.381 e. The van der Waals surface area contributed by atoms with E-state index in [1.54, 1.807) is 0 Å². The molecule has 0 aliphatic rings. The van der Waals surface area contributed by atoms with Crippen LogP contribution in [0.15, 0.2) is 0 Å². The van der Waals surface area contributed by atoms with Gasteiger partial charge in [-0.3, -0.25) is 0 Å². The van der Waals surface area contributed by atoms with Gasteiger partial charge in [0.1, 0.15) is 0 Å². The molecule has 2 atom stereocenters. The summed E-state index contributed by atoms with van der Waals surface area (Å²) >= 11 is 0. The summed E-state index contributed by atoms with van der Waals surface area (Å²) in [6.45, 7) is 8.42. The third-order valence-electron chi connectivity index (χ3n) is 2.37. The molecule has 0 spiro atoms. The van der Waals surface area contributed by atoms with Crippen molar-refractivity contribution in [3.8, 4) is 0 Å². The van der Waals surface area contributed by atoms with Gasteiger partial charge < -0.3 is 10.1 Å². The molecule has 1 N–H and O–H groups in total. The summed E-state index contributed by atoms with van der Waals surface area (Å²) in [7, 11) is 2.01. The van der Waals surface area contributed by atoms with Crippen molar-refractivity contribution in [3.63, 3.8) is 0 Å². The molecule has 0 aromatic rings. The highest BCUT2D eigenvalue weighted by Crippen LogP contribution is 2.07. The summed E-state index contributed by atoms with van der Waals surface area (Å²) in [6, 6.07) is 0.593. The molecule has 0 amide bonds. The molecular formula is C10H23NO. The second kappa shape index (κ2) is 7.56. The minimum atomic E-state index is 0.593. The van der Waals surface area contributed by atoms with Crippen LogP contribution >= 0.6 is 0 Å². The van der Waals surface area contributed by atoms with E-state index in [2.05, 4.69) is 26.1 Å². The highest BCUT2D eigenvalue weighted by Gasteiger charge is 2.08. The second-order valence-electron chi connectivity index (χ2n) is 3.46. The Hall–Kier alpha value is -0.0800. The fraction of sp³-hybridized carbons (Fsp3) is 1.00. The first-order valence-corrected chi connectivity index (χ1v) is 4.97. The van der Waals surface area contributed by atoms with Crippen LogP contribution < -0.4 is 5.32 Å². The van der Waals surface area contributed by atoms with Crippen molar-refractivity contribution in [2.75, 3.05) is 20.3 Å². The first kappa shape index (κ1) is 11.9. The van der Waals surface area contributed by atoms with E-state index in [1.807, 2.05) is 7.05 Å². The van der Waals surface area contributed by atoms with Gasteiger partial charge in [0.2, 0.25) is 0 Å². The van der Waals surface area contributed by atoms with Crippen LogP contribution in [0.5, 0.6) is 0 Å². The molecule has 0 bridgehead atoms. The predicted molar refractivity (Wildman–Crippen MR) is 53.4 cm³/mol. The van der Waals surface area contributed by atoms with Crippen molar-refractivity contribution in [1.29, 1.82) is 0 Å². The van der Waals surface area contributed by atoms with Gasteiger partial charge in [-0.15, -0.1) is 0 Å². The molecule has 74 valence electrons. The third kappa shape index (κ3) is 5.56. The van der Waals surface area contributed by atoms with E-state index in [0.717, 1.165) is 26.1 Å². The highest BCUT2D eigenvalue weighted by molar-refractivity contribution is 4.65. The average Bonchev–Trinajstić information content (AvgIpc) is 2.10. The van der Waals surface area contributed by atoms with E-state index in [4.69, 9.17) is 4.74 Å². The van der Waals surface area contributed by atoms with Gasteiger partial charge in [-0.05, 0) is 32.7 Å². The molecule has 0 saturated carbocycles. The van der Waals surface area contributed by atoms with Crippen LogP contribution in [0, 0.1) is 5.92 Å². The zero-order valence-electron chi connectivity index (χ0n) is 8.89. The Kier molecular flexibility index (Phi) is 7.51. The number of nitrogens with one attached hydrogen (secondary N) is 1. The van der Waals surface area contributed by atoms with Gasteiger partial charge in [-0.2, -0.15) is 0 Å². The SMILES string of the molecule is CCCOCCC(C)C(C)NC. The van der Waals surface area contributed by atoms with Crippen LogP contribution in [0.3, 0.4) is 0 Å². The van der Waals surface area contributed by atoms with Gasteiger partial charge in [0, 0.05) is 19.3 Å². The van der Waals surface area contributed by atoms with Crippen LogP contribution in [0.4, 0.5) is 0 Å². The Morgan fingerprint density at radius 2 is 1.92 bits per heavy atom. The van der Waals surface area contributed by atoms with Crippen molar-refractivity contribution in [3.05, 3.63) is 0 Å². The lowest BCUT2D eigenvalue weighted by Gasteiger charge is -2.18. The van der Waals surface area contributed by atoms with Crippen LogP contribution in [0.1, 0.15) is 33.6 Å². The fourth-order valence-electron chi connectivity index (χ4n) is 1.05. The maximum absolute atomic E-state index is 5.42. The van der Waals surface area contributed by atoms with Crippen molar-refractivity contribution in [2.45, 2.75) is 39.7 Å². The Labute approximate surface area is 76.7 Å². The summed E-state index contributed by atoms with van der Waals surface area (Å²) in [5.41, 5.74) is 0. The lowest BCUT2D eigenvalue weighted by molar-refractivity contribution is 0.118. The third-order valence-corrected chi connectivity index (χ3v) is 2.37. The van der Waals surface area contributed by atoms with E-state index >= 15 is 0 Å². The zero-order chi connectivity index (χ0) is 9.40. The summed E-state index contributed by atoms with van der Waals surface area (Å²) < 4.78 is 5.42. The van der Waals surface area contributed by atoms with E-state index in [9.17, 15) is 0 Å². The van der Waals surface area contributed by atoms with Crippen molar-refractivity contribution in [2.24, 2.45) is 5.92 Å². The predicted octanol–water partition coefficient (Wildman–Crippen LogP) is 2.05. The average molecular weight is 173 g/mol. The van der Waals surface area contributed by atoms with E-state index in [1.165, 1.54) is 0 Å². The molecule has 0 rings (SSSR count). The van der Waals surface area contributed by atoms with Crippen LogP contribution in [0.2, 0.25) is 0 Å². The minimum absolute atomic E-state index is 0.593. The van der Waals surface area contributed by atoms with Crippen LogP contribution in [0.25, 0.3) is 0 Å². The maximum atomic E-state index is 5.42. The standard InChI is InChI=1S/C10H23NO/c1-5-7-12-8-6-9(2)10(3)11-4/h9-11H,5-8H2,1-4H3. The molecule has 0 aliphatic heterocycles. The Bertz CT molecular complexity index is 95.8. The molecule has 0 aliphatic carbocycles. The molecule has 0 aromatic carbocycles. The minimum Gasteiger partial charge on any atom is -0.381 e. The summed E-state index contributed by atoms with van der Waals surface area (Å²) in [6.07, 6.45) is 2.28. The molecule has 0 aromatic heterocycles. The molecule has 2 heteroatoms. The number of ether oxygens (including phenoxy) is 1. The molecule has 2 unspecified atom stereocenters. The Morgan fingerprint density at radius 3 is 2.42 bits per heavy atom. The van der Waals surface area contributed by atoms with Crippen LogP contribution in [-0.4, -0.2) is 26.3 Å². The van der Waals surface area contributed by atoms with Crippen LogP contribution in [-0.2, 0) is 4.74 Å². The van der Waals surface area contributed by atoms with Gasteiger partial charge >= 0.3 is 0 Å². The van der Waals surface area contributed by atoms with E-state index < -0.39 is 0 Å². The first-order valence-electron chi connectivity index (χ1n) is 4.97. The van der Waals surface area contributed by atoms with E-state index in [-0.39, 0.29) is 0 Å². The van der Waals surface area contributed by atoms with Gasteiger partial charge in [-0.25, -0.2) is 0 Å². The number of hydrogen-bond donors (Lipinski definition) is 1. The molecule has 0 radical (unpaired) electrons. The first-order chi connectivity index (χ1) is 5.72. The van der Waals surface area contributed by atoms with Gasteiger partial charge in [-0.1, -0.05) is 13.8 Å². The van der Waals surface area contributed by atoms with Crippen molar-refractivity contribution in [1.82, 2.24) is 5.32 Å². The van der Waals surface area contributed by atoms with Gasteiger partial charge in [0.15, 0.2) is 0 Å². The number of rotatable bonds is 7. The molecule has 0 saturated heterocycles. The van der Waals surface area contributed by atoms with Crippen molar-refractivity contribution >= 4 is 0 Å². The smallest absolute Gasteiger partial charge is 0.0469 e. The normalized spacial score (nSPS) is 16.0. The summed E-state index contributed by atoms with van der Waals surface area (Å²) in [5.74, 6) is 0.701. The number of hydrogen-bond acceptors (Lipinski definition) is 2. The lowest BCUT2D eigenvalue weighted by Crippen LogP contribution is -2.29. The summed E-state index contributed by atoms with van der Waals surface area (Å²) in [5, 5.41) is 3.25. The quantitative estimate of drug-likeness (QED) is 0.595. The monoisotopic (exact) mass is 173 g/mol. The molecular weight excluding hydrogens is 150 g/mol. The Morgan fingerprint density at radius 1 is 1.25 bits per heavy atom. The topological polar surface area (TPSA) is 21.3 Å².